The van der Waals surface area contributed by atoms with E-state index in [1.165, 1.54) is 25.8 Å². The topological polar surface area (TPSA) is 33.1 Å². The maximum atomic E-state index is 4.41. The van der Waals surface area contributed by atoms with Gasteiger partial charge < -0.3 is 14.8 Å². The summed E-state index contributed by atoms with van der Waals surface area (Å²) >= 11 is 0. The van der Waals surface area contributed by atoms with Crippen molar-refractivity contribution in [2.75, 3.05) is 25.5 Å². The molecule has 1 aromatic heterocycles. The minimum Gasteiger partial charge on any atom is -0.355 e. The standard InChI is InChI=1S/C14H26N4/c1-12(2)10-16-14-15-7-9-18(14)11-13-6-4-5-8-17(13)3/h7,9,12-13H,4-6,8,10-11H2,1-3H3,(H,15,16). The zero-order valence-corrected chi connectivity index (χ0v) is 11.9. The van der Waals surface area contributed by atoms with Gasteiger partial charge in [0, 0.05) is 31.5 Å². The third-order valence-corrected chi connectivity index (χ3v) is 3.71. The van der Waals surface area contributed by atoms with Crippen molar-refractivity contribution in [3.8, 4) is 0 Å². The molecule has 0 amide bonds. The van der Waals surface area contributed by atoms with Crippen molar-refractivity contribution in [2.24, 2.45) is 5.92 Å². The van der Waals surface area contributed by atoms with Crippen molar-refractivity contribution in [1.82, 2.24) is 14.5 Å². The molecule has 1 atom stereocenters. The van der Waals surface area contributed by atoms with Crippen LogP contribution in [0.25, 0.3) is 0 Å². The summed E-state index contributed by atoms with van der Waals surface area (Å²) in [5, 5.41) is 3.43. The molecular weight excluding hydrogens is 224 g/mol. The molecule has 0 aliphatic carbocycles. The molecule has 0 spiro atoms. The number of hydrogen-bond donors (Lipinski definition) is 1. The molecule has 1 N–H and O–H groups in total. The predicted molar refractivity (Wildman–Crippen MR) is 75.8 cm³/mol. The molecule has 2 rings (SSSR count). The molecule has 1 aliphatic heterocycles. The van der Waals surface area contributed by atoms with Gasteiger partial charge in [-0.25, -0.2) is 4.98 Å². The molecule has 1 saturated heterocycles. The highest BCUT2D eigenvalue weighted by Gasteiger charge is 2.20. The number of likely N-dealkylation sites (N-methyl/N-ethyl adjacent to an activating group) is 1. The monoisotopic (exact) mass is 250 g/mol. The molecule has 1 fully saturated rings. The Morgan fingerprint density at radius 1 is 1.44 bits per heavy atom. The zero-order valence-electron chi connectivity index (χ0n) is 11.9. The molecule has 1 aromatic rings. The van der Waals surface area contributed by atoms with Crippen molar-refractivity contribution in [2.45, 2.75) is 45.7 Å². The Labute approximate surface area is 110 Å². The minimum atomic E-state index is 0.646. The number of imidazole rings is 1. The molecule has 0 aromatic carbocycles. The third-order valence-electron chi connectivity index (χ3n) is 3.71. The first kappa shape index (κ1) is 13.4. The maximum absolute atomic E-state index is 4.41. The normalized spacial score (nSPS) is 21.4. The van der Waals surface area contributed by atoms with Gasteiger partial charge in [-0.1, -0.05) is 20.3 Å². The summed E-state index contributed by atoms with van der Waals surface area (Å²) in [6.45, 7) is 7.70. The Morgan fingerprint density at radius 3 is 3.00 bits per heavy atom. The number of piperidine rings is 1. The second-order valence-electron chi connectivity index (χ2n) is 5.81. The molecule has 1 unspecified atom stereocenters. The first-order valence-corrected chi connectivity index (χ1v) is 7.12. The Kier molecular flexibility index (Phi) is 4.64. The quantitative estimate of drug-likeness (QED) is 0.871. The van der Waals surface area contributed by atoms with Gasteiger partial charge in [0.25, 0.3) is 0 Å². The molecule has 2 heterocycles. The second-order valence-corrected chi connectivity index (χ2v) is 5.81. The fourth-order valence-electron chi connectivity index (χ4n) is 2.52. The number of nitrogens with one attached hydrogen (secondary N) is 1. The first-order chi connectivity index (χ1) is 8.66. The van der Waals surface area contributed by atoms with E-state index in [0.717, 1.165) is 19.0 Å². The van der Waals surface area contributed by atoms with E-state index in [1.54, 1.807) is 0 Å². The summed E-state index contributed by atoms with van der Waals surface area (Å²) in [5.74, 6) is 1.66. The minimum absolute atomic E-state index is 0.646. The smallest absolute Gasteiger partial charge is 0.202 e. The number of likely N-dealkylation sites (tertiary alicyclic amines) is 1. The van der Waals surface area contributed by atoms with Crippen LogP contribution in [-0.4, -0.2) is 40.6 Å². The van der Waals surface area contributed by atoms with Gasteiger partial charge in [-0.05, 0) is 32.4 Å². The van der Waals surface area contributed by atoms with Gasteiger partial charge in [-0.2, -0.15) is 0 Å². The molecule has 0 saturated carbocycles. The van der Waals surface area contributed by atoms with Crippen LogP contribution in [0.1, 0.15) is 33.1 Å². The summed E-state index contributed by atoms with van der Waals surface area (Å²) in [7, 11) is 2.24. The van der Waals surface area contributed by atoms with Crippen molar-refractivity contribution in [1.29, 1.82) is 0 Å². The van der Waals surface area contributed by atoms with Gasteiger partial charge in [0.05, 0.1) is 0 Å². The lowest BCUT2D eigenvalue weighted by molar-refractivity contribution is 0.168. The molecule has 4 heteroatoms. The summed E-state index contributed by atoms with van der Waals surface area (Å²) in [6, 6.07) is 0.660. The van der Waals surface area contributed by atoms with Crippen LogP contribution < -0.4 is 5.32 Å². The first-order valence-electron chi connectivity index (χ1n) is 7.12. The molecule has 18 heavy (non-hydrogen) atoms. The molecule has 1 aliphatic rings. The SMILES string of the molecule is CC(C)CNc1nccn1CC1CCCCN1C. The van der Waals surface area contributed by atoms with Gasteiger partial charge in [0.2, 0.25) is 5.95 Å². The van der Waals surface area contributed by atoms with Crippen LogP contribution in [0, 0.1) is 5.92 Å². The van der Waals surface area contributed by atoms with E-state index in [-0.39, 0.29) is 0 Å². The highest BCUT2D eigenvalue weighted by molar-refractivity contribution is 5.25. The van der Waals surface area contributed by atoms with E-state index >= 15 is 0 Å². The Bertz CT molecular complexity index is 358. The number of rotatable bonds is 5. The van der Waals surface area contributed by atoms with E-state index in [2.05, 4.69) is 46.9 Å². The number of hydrogen-bond acceptors (Lipinski definition) is 3. The van der Waals surface area contributed by atoms with Crippen molar-refractivity contribution in [3.05, 3.63) is 12.4 Å². The van der Waals surface area contributed by atoms with E-state index in [1.807, 2.05) is 6.20 Å². The fraction of sp³-hybridized carbons (Fsp3) is 0.786. The predicted octanol–water partition coefficient (Wildman–Crippen LogP) is 2.44. The van der Waals surface area contributed by atoms with Crippen molar-refractivity contribution in [3.63, 3.8) is 0 Å². The van der Waals surface area contributed by atoms with Crippen molar-refractivity contribution < 1.29 is 0 Å². The van der Waals surface area contributed by atoms with Crippen LogP contribution >= 0.6 is 0 Å². The molecular formula is C14H26N4. The largest absolute Gasteiger partial charge is 0.355 e. The van der Waals surface area contributed by atoms with Gasteiger partial charge in [-0.3, -0.25) is 0 Å². The molecule has 4 nitrogen and oxygen atoms in total. The lowest BCUT2D eigenvalue weighted by atomic mass is 10.0. The van der Waals surface area contributed by atoms with Gasteiger partial charge >= 0.3 is 0 Å². The Morgan fingerprint density at radius 2 is 2.28 bits per heavy atom. The molecule has 102 valence electrons. The van der Waals surface area contributed by atoms with E-state index in [4.69, 9.17) is 0 Å². The Balaban J connectivity index is 1.94. The van der Waals surface area contributed by atoms with Crippen LogP contribution in [0.5, 0.6) is 0 Å². The summed E-state index contributed by atoms with van der Waals surface area (Å²) in [4.78, 5) is 6.89. The van der Waals surface area contributed by atoms with E-state index < -0.39 is 0 Å². The zero-order chi connectivity index (χ0) is 13.0. The average Bonchev–Trinajstić information content (AvgIpc) is 2.77. The summed E-state index contributed by atoms with van der Waals surface area (Å²) < 4.78 is 2.26. The lowest BCUT2D eigenvalue weighted by Crippen LogP contribution is -2.39. The van der Waals surface area contributed by atoms with Crippen LogP contribution in [0.15, 0.2) is 12.4 Å². The average molecular weight is 250 g/mol. The van der Waals surface area contributed by atoms with Gasteiger partial charge in [-0.15, -0.1) is 0 Å². The number of nitrogens with zero attached hydrogens (tertiary/aromatic N) is 3. The van der Waals surface area contributed by atoms with Crippen molar-refractivity contribution >= 4 is 5.95 Å². The fourth-order valence-corrected chi connectivity index (χ4v) is 2.52. The summed E-state index contributed by atoms with van der Waals surface area (Å²) in [5.41, 5.74) is 0. The Hall–Kier alpha value is -1.03. The van der Waals surface area contributed by atoms with Gasteiger partial charge in [0.15, 0.2) is 0 Å². The van der Waals surface area contributed by atoms with E-state index in [9.17, 15) is 0 Å². The molecule has 0 radical (unpaired) electrons. The third kappa shape index (κ3) is 3.48. The number of aromatic nitrogens is 2. The van der Waals surface area contributed by atoms with Crippen LogP contribution in [-0.2, 0) is 6.54 Å². The van der Waals surface area contributed by atoms with Crippen LogP contribution in [0.4, 0.5) is 5.95 Å². The maximum Gasteiger partial charge on any atom is 0.202 e. The highest BCUT2D eigenvalue weighted by Crippen LogP contribution is 2.18. The van der Waals surface area contributed by atoms with Crippen LogP contribution in [0.2, 0.25) is 0 Å². The highest BCUT2D eigenvalue weighted by atomic mass is 15.2. The number of anilines is 1. The second kappa shape index (κ2) is 6.23. The van der Waals surface area contributed by atoms with E-state index in [0.29, 0.717) is 12.0 Å². The summed E-state index contributed by atoms with van der Waals surface area (Å²) in [6.07, 6.45) is 7.99. The molecule has 0 bridgehead atoms. The lowest BCUT2D eigenvalue weighted by Gasteiger charge is -2.33. The van der Waals surface area contributed by atoms with Crippen LogP contribution in [0.3, 0.4) is 0 Å². The van der Waals surface area contributed by atoms with Gasteiger partial charge in [0.1, 0.15) is 0 Å².